The molecule has 1 aromatic carbocycles. The number of carbonyl (C=O) groups excluding carboxylic acids is 1. The SMILES string of the molecule is CC/C=C(\C=O)Cc1ccccc1. The van der Waals surface area contributed by atoms with Crippen molar-refractivity contribution in [3.8, 4) is 0 Å². The van der Waals surface area contributed by atoms with E-state index in [0.29, 0.717) is 0 Å². The molecule has 1 heteroatoms. The molecule has 0 unspecified atom stereocenters. The molecule has 0 amide bonds. The van der Waals surface area contributed by atoms with Crippen LogP contribution < -0.4 is 0 Å². The van der Waals surface area contributed by atoms with Crippen LogP contribution >= 0.6 is 0 Å². The van der Waals surface area contributed by atoms with Gasteiger partial charge in [-0.2, -0.15) is 0 Å². The second-order valence-electron chi connectivity index (χ2n) is 2.97. The van der Waals surface area contributed by atoms with Gasteiger partial charge in [0.25, 0.3) is 0 Å². The van der Waals surface area contributed by atoms with E-state index in [-0.39, 0.29) is 0 Å². The Morgan fingerprint density at radius 1 is 1.31 bits per heavy atom. The molecule has 1 nitrogen and oxygen atoms in total. The zero-order chi connectivity index (χ0) is 9.52. The van der Waals surface area contributed by atoms with E-state index in [1.165, 1.54) is 5.56 Å². The van der Waals surface area contributed by atoms with Gasteiger partial charge in [-0.3, -0.25) is 4.79 Å². The third-order valence-corrected chi connectivity index (χ3v) is 1.87. The van der Waals surface area contributed by atoms with E-state index in [9.17, 15) is 4.79 Å². The van der Waals surface area contributed by atoms with E-state index in [4.69, 9.17) is 0 Å². The smallest absolute Gasteiger partial charge is 0.146 e. The first-order valence-electron chi connectivity index (χ1n) is 4.55. The van der Waals surface area contributed by atoms with Gasteiger partial charge in [0.15, 0.2) is 0 Å². The molecule has 0 aliphatic heterocycles. The third-order valence-electron chi connectivity index (χ3n) is 1.87. The first kappa shape index (κ1) is 9.72. The number of hydrogen-bond donors (Lipinski definition) is 0. The van der Waals surface area contributed by atoms with E-state index in [1.54, 1.807) is 0 Å². The lowest BCUT2D eigenvalue weighted by molar-refractivity contribution is -0.105. The van der Waals surface area contributed by atoms with Crippen LogP contribution in [0.25, 0.3) is 0 Å². The van der Waals surface area contributed by atoms with Crippen LogP contribution in [0.5, 0.6) is 0 Å². The van der Waals surface area contributed by atoms with Crippen LogP contribution in [0, 0.1) is 0 Å². The van der Waals surface area contributed by atoms with Crippen LogP contribution in [0.4, 0.5) is 0 Å². The molecule has 0 saturated carbocycles. The highest BCUT2D eigenvalue weighted by Gasteiger charge is 1.96. The van der Waals surface area contributed by atoms with Gasteiger partial charge >= 0.3 is 0 Å². The highest BCUT2D eigenvalue weighted by Crippen LogP contribution is 2.06. The lowest BCUT2D eigenvalue weighted by Crippen LogP contribution is -1.91. The standard InChI is InChI=1S/C12H14O/c1-2-6-12(10-13)9-11-7-4-3-5-8-11/h3-8,10H,2,9H2,1H3/b12-6-. The van der Waals surface area contributed by atoms with Crippen LogP contribution in [0.2, 0.25) is 0 Å². The third kappa shape index (κ3) is 3.24. The minimum atomic E-state index is 0.748. The minimum Gasteiger partial charge on any atom is -0.298 e. The van der Waals surface area contributed by atoms with Gasteiger partial charge in [0.05, 0.1) is 0 Å². The van der Waals surface area contributed by atoms with Crippen LogP contribution in [-0.2, 0) is 11.2 Å². The Kier molecular flexibility index (Phi) is 3.97. The Hall–Kier alpha value is -1.37. The van der Waals surface area contributed by atoms with Gasteiger partial charge in [0.1, 0.15) is 6.29 Å². The molecular weight excluding hydrogens is 160 g/mol. The monoisotopic (exact) mass is 174 g/mol. The van der Waals surface area contributed by atoms with Gasteiger partial charge in [0, 0.05) is 6.42 Å². The van der Waals surface area contributed by atoms with Gasteiger partial charge in [-0.15, -0.1) is 0 Å². The molecule has 0 aliphatic rings. The summed E-state index contributed by atoms with van der Waals surface area (Å²) < 4.78 is 0. The van der Waals surface area contributed by atoms with E-state index < -0.39 is 0 Å². The summed E-state index contributed by atoms with van der Waals surface area (Å²) in [6.45, 7) is 2.04. The molecule has 1 aromatic rings. The van der Waals surface area contributed by atoms with Crippen molar-refractivity contribution in [1.29, 1.82) is 0 Å². The van der Waals surface area contributed by atoms with Gasteiger partial charge in [-0.05, 0) is 17.6 Å². The molecule has 0 radical (unpaired) electrons. The molecular formula is C12H14O. The lowest BCUT2D eigenvalue weighted by Gasteiger charge is -1.99. The van der Waals surface area contributed by atoms with E-state index in [1.807, 2.05) is 43.3 Å². The number of allylic oxidation sites excluding steroid dienone is 2. The van der Waals surface area contributed by atoms with Crippen molar-refractivity contribution in [2.24, 2.45) is 0 Å². The molecule has 0 N–H and O–H groups in total. The van der Waals surface area contributed by atoms with Gasteiger partial charge < -0.3 is 0 Å². The van der Waals surface area contributed by atoms with Gasteiger partial charge in [-0.25, -0.2) is 0 Å². The molecule has 0 aliphatic carbocycles. The van der Waals surface area contributed by atoms with Crippen LogP contribution in [0.3, 0.4) is 0 Å². The Morgan fingerprint density at radius 3 is 2.54 bits per heavy atom. The van der Waals surface area contributed by atoms with Crippen molar-refractivity contribution < 1.29 is 4.79 Å². The summed E-state index contributed by atoms with van der Waals surface area (Å²) in [6.07, 6.45) is 4.58. The molecule has 0 fully saturated rings. The zero-order valence-electron chi connectivity index (χ0n) is 7.86. The van der Waals surface area contributed by atoms with Crippen LogP contribution in [0.1, 0.15) is 18.9 Å². The Labute approximate surface area is 79.1 Å². The molecule has 0 aromatic heterocycles. The van der Waals surface area contributed by atoms with Crippen molar-refractivity contribution in [2.75, 3.05) is 0 Å². The van der Waals surface area contributed by atoms with E-state index in [0.717, 1.165) is 24.7 Å². The number of carbonyl (C=O) groups is 1. The second kappa shape index (κ2) is 5.31. The van der Waals surface area contributed by atoms with Crippen molar-refractivity contribution in [2.45, 2.75) is 19.8 Å². The zero-order valence-corrected chi connectivity index (χ0v) is 7.86. The van der Waals surface area contributed by atoms with Crippen molar-refractivity contribution in [1.82, 2.24) is 0 Å². The maximum atomic E-state index is 10.6. The normalized spacial score (nSPS) is 11.3. The fourth-order valence-electron chi connectivity index (χ4n) is 1.26. The minimum absolute atomic E-state index is 0.748. The Balaban J connectivity index is 2.68. The summed E-state index contributed by atoms with van der Waals surface area (Å²) in [5, 5.41) is 0. The maximum Gasteiger partial charge on any atom is 0.146 e. The summed E-state index contributed by atoms with van der Waals surface area (Å²) in [5.41, 5.74) is 2.06. The topological polar surface area (TPSA) is 17.1 Å². The van der Waals surface area contributed by atoms with Gasteiger partial charge in [0.2, 0.25) is 0 Å². The maximum absolute atomic E-state index is 10.6. The first-order valence-corrected chi connectivity index (χ1v) is 4.55. The average Bonchev–Trinajstić information content (AvgIpc) is 2.19. The summed E-state index contributed by atoms with van der Waals surface area (Å²) in [4.78, 5) is 10.6. The van der Waals surface area contributed by atoms with Crippen LogP contribution in [0.15, 0.2) is 42.0 Å². The predicted molar refractivity (Wildman–Crippen MR) is 54.6 cm³/mol. The Morgan fingerprint density at radius 2 is 2.00 bits per heavy atom. The number of aldehydes is 1. The molecule has 13 heavy (non-hydrogen) atoms. The molecule has 68 valence electrons. The number of hydrogen-bond acceptors (Lipinski definition) is 1. The largest absolute Gasteiger partial charge is 0.298 e. The highest BCUT2D eigenvalue weighted by molar-refractivity contribution is 5.73. The summed E-state index contributed by atoms with van der Waals surface area (Å²) in [6, 6.07) is 10.0. The second-order valence-corrected chi connectivity index (χ2v) is 2.97. The fraction of sp³-hybridized carbons (Fsp3) is 0.250. The van der Waals surface area contributed by atoms with E-state index in [2.05, 4.69) is 0 Å². The number of benzene rings is 1. The van der Waals surface area contributed by atoms with E-state index >= 15 is 0 Å². The van der Waals surface area contributed by atoms with Crippen molar-refractivity contribution in [3.05, 3.63) is 47.5 Å². The molecule has 0 heterocycles. The van der Waals surface area contributed by atoms with Crippen molar-refractivity contribution >= 4 is 6.29 Å². The molecule has 0 atom stereocenters. The predicted octanol–water partition coefficient (Wildman–Crippen LogP) is 2.76. The Bertz CT molecular complexity index is 285. The highest BCUT2D eigenvalue weighted by atomic mass is 16.1. The molecule has 1 rings (SSSR count). The lowest BCUT2D eigenvalue weighted by atomic mass is 10.1. The van der Waals surface area contributed by atoms with Gasteiger partial charge in [-0.1, -0.05) is 43.3 Å². The molecule has 0 bridgehead atoms. The fourth-order valence-corrected chi connectivity index (χ4v) is 1.26. The molecule has 0 spiro atoms. The van der Waals surface area contributed by atoms with Crippen molar-refractivity contribution in [3.63, 3.8) is 0 Å². The molecule has 0 saturated heterocycles. The van der Waals surface area contributed by atoms with Crippen LogP contribution in [-0.4, -0.2) is 6.29 Å². The summed E-state index contributed by atoms with van der Waals surface area (Å²) in [7, 11) is 0. The summed E-state index contributed by atoms with van der Waals surface area (Å²) in [5.74, 6) is 0. The summed E-state index contributed by atoms with van der Waals surface area (Å²) >= 11 is 0. The quantitative estimate of drug-likeness (QED) is 0.506. The average molecular weight is 174 g/mol. The first-order chi connectivity index (χ1) is 6.36. The number of rotatable bonds is 4.